The van der Waals surface area contributed by atoms with Gasteiger partial charge >= 0.3 is 0 Å². The Morgan fingerprint density at radius 2 is 1.92 bits per heavy atom. The second-order valence-electron chi connectivity index (χ2n) is 9.94. The molecule has 3 heterocycles. The molecule has 1 saturated heterocycles. The van der Waals surface area contributed by atoms with Crippen molar-refractivity contribution in [3.8, 4) is 5.75 Å². The van der Waals surface area contributed by atoms with Gasteiger partial charge in [0.1, 0.15) is 12.4 Å². The first kappa shape index (κ1) is 24.6. The molecular weight excluding hydrogens is 482 g/mol. The molecule has 3 aliphatic rings. The van der Waals surface area contributed by atoms with E-state index in [9.17, 15) is 14.4 Å². The molecule has 2 aromatic rings. The van der Waals surface area contributed by atoms with Crippen LogP contribution < -0.4 is 10.1 Å². The minimum atomic E-state index is -0.322. The summed E-state index contributed by atoms with van der Waals surface area (Å²) in [5.74, 6) is 0.231. The fraction of sp³-hybridized carbons (Fsp3) is 0.538. The second kappa shape index (κ2) is 10.5. The Balaban J connectivity index is 1.34. The maximum Gasteiger partial charge on any atom is 0.276 e. The summed E-state index contributed by atoms with van der Waals surface area (Å²) in [5, 5.41) is 7.56. The van der Waals surface area contributed by atoms with Crippen molar-refractivity contribution in [2.24, 2.45) is 18.9 Å². The van der Waals surface area contributed by atoms with Gasteiger partial charge in [-0.3, -0.25) is 19.1 Å². The van der Waals surface area contributed by atoms with Gasteiger partial charge in [0, 0.05) is 51.3 Å². The molecule has 0 unspecified atom stereocenters. The number of aryl methyl sites for hydroxylation is 1. The SMILES string of the molecule is Cn1cc(Cl)c(C(=O)N2CCCNC(=O)[C@H]3CN(C(=O)C4CCC4)C[C@@H]3c3cccc(c3)OCC2)n1. The standard InChI is InChI=1S/C26H32ClN5O4/c1-30-16-22(27)23(29-30)26(35)31-10-4-9-28-24(33)21-15-32(25(34)17-5-2-6-17)14-20(21)18-7-3-8-19(13-18)36-12-11-31/h3,7-8,13,16-17,20-21H,2,4-6,9-12,14-15H2,1H3,(H,28,33)/t20-,21+/m1/s1. The van der Waals surface area contributed by atoms with Crippen molar-refractivity contribution in [3.05, 3.63) is 46.7 Å². The van der Waals surface area contributed by atoms with Crippen LogP contribution >= 0.6 is 11.6 Å². The summed E-state index contributed by atoms with van der Waals surface area (Å²) in [6.45, 7) is 2.50. The van der Waals surface area contributed by atoms with E-state index in [2.05, 4.69) is 10.4 Å². The number of halogens is 1. The largest absolute Gasteiger partial charge is 0.492 e. The molecule has 9 nitrogen and oxygen atoms in total. The summed E-state index contributed by atoms with van der Waals surface area (Å²) in [5.41, 5.74) is 1.19. The van der Waals surface area contributed by atoms with Crippen LogP contribution in [0.15, 0.2) is 30.5 Å². The highest BCUT2D eigenvalue weighted by atomic mass is 35.5. The van der Waals surface area contributed by atoms with E-state index in [-0.39, 0.29) is 41.2 Å². The van der Waals surface area contributed by atoms with Crippen LogP contribution in [0.5, 0.6) is 5.75 Å². The third kappa shape index (κ3) is 5.07. The van der Waals surface area contributed by atoms with E-state index < -0.39 is 0 Å². The van der Waals surface area contributed by atoms with Crippen molar-refractivity contribution in [1.82, 2.24) is 24.9 Å². The van der Waals surface area contributed by atoms with Gasteiger partial charge in [0.15, 0.2) is 5.69 Å². The third-order valence-corrected chi connectivity index (χ3v) is 7.79. The molecule has 192 valence electrons. The lowest BCUT2D eigenvalue weighted by Crippen LogP contribution is -2.40. The van der Waals surface area contributed by atoms with Gasteiger partial charge in [-0.2, -0.15) is 5.10 Å². The van der Waals surface area contributed by atoms with Crippen LogP contribution in [0.2, 0.25) is 5.02 Å². The van der Waals surface area contributed by atoms with E-state index in [1.807, 2.05) is 29.2 Å². The minimum absolute atomic E-state index is 0.0575. The molecule has 1 aliphatic carbocycles. The number of nitrogens with one attached hydrogen (secondary N) is 1. The monoisotopic (exact) mass is 513 g/mol. The van der Waals surface area contributed by atoms with Crippen LogP contribution in [0, 0.1) is 11.8 Å². The Morgan fingerprint density at radius 3 is 2.64 bits per heavy atom. The number of hydrogen-bond donors (Lipinski definition) is 1. The molecular formula is C26H32ClN5O4. The first-order valence-electron chi connectivity index (χ1n) is 12.7. The molecule has 1 aromatic heterocycles. The van der Waals surface area contributed by atoms with Crippen molar-refractivity contribution in [2.75, 3.05) is 39.3 Å². The summed E-state index contributed by atoms with van der Waals surface area (Å²) in [7, 11) is 1.72. The Morgan fingerprint density at radius 1 is 1.11 bits per heavy atom. The van der Waals surface area contributed by atoms with Gasteiger partial charge in [-0.1, -0.05) is 30.2 Å². The summed E-state index contributed by atoms with van der Waals surface area (Å²) >= 11 is 6.21. The Labute approximate surface area is 215 Å². The maximum atomic E-state index is 13.3. The molecule has 10 heteroatoms. The lowest BCUT2D eigenvalue weighted by atomic mass is 9.84. The van der Waals surface area contributed by atoms with Crippen molar-refractivity contribution >= 4 is 29.3 Å². The van der Waals surface area contributed by atoms with Crippen molar-refractivity contribution in [2.45, 2.75) is 31.6 Å². The normalized spacial score (nSPS) is 23.2. The van der Waals surface area contributed by atoms with E-state index in [0.29, 0.717) is 56.5 Å². The Kier molecular flexibility index (Phi) is 7.18. The van der Waals surface area contributed by atoms with Crippen LogP contribution in [0.3, 0.4) is 0 Å². The van der Waals surface area contributed by atoms with Crippen molar-refractivity contribution in [1.29, 1.82) is 0 Å². The number of hydrogen-bond acceptors (Lipinski definition) is 5. The average Bonchev–Trinajstić information content (AvgIpc) is 3.42. The molecule has 36 heavy (non-hydrogen) atoms. The highest BCUT2D eigenvalue weighted by molar-refractivity contribution is 6.33. The second-order valence-corrected chi connectivity index (χ2v) is 10.3. The fourth-order valence-corrected chi connectivity index (χ4v) is 5.55. The van der Waals surface area contributed by atoms with E-state index >= 15 is 0 Å². The number of carbonyl (C=O) groups excluding carboxylic acids is 3. The van der Waals surface area contributed by atoms with Crippen LogP contribution in [-0.4, -0.2) is 76.6 Å². The molecule has 2 aliphatic heterocycles. The molecule has 2 fully saturated rings. The average molecular weight is 514 g/mol. The van der Waals surface area contributed by atoms with E-state index in [0.717, 1.165) is 24.8 Å². The summed E-state index contributed by atoms with van der Waals surface area (Å²) in [4.78, 5) is 42.9. The quantitative estimate of drug-likeness (QED) is 0.665. The smallest absolute Gasteiger partial charge is 0.276 e. The number of rotatable bonds is 2. The van der Waals surface area contributed by atoms with Gasteiger partial charge in [0.05, 0.1) is 17.5 Å². The first-order chi connectivity index (χ1) is 17.4. The third-order valence-electron chi connectivity index (χ3n) is 7.52. The summed E-state index contributed by atoms with van der Waals surface area (Å²) in [6.07, 6.45) is 5.16. The van der Waals surface area contributed by atoms with Gasteiger partial charge in [0.2, 0.25) is 11.8 Å². The zero-order valence-corrected chi connectivity index (χ0v) is 21.2. The van der Waals surface area contributed by atoms with Crippen LogP contribution in [0.1, 0.15) is 47.7 Å². The van der Waals surface area contributed by atoms with Gasteiger partial charge in [0.25, 0.3) is 5.91 Å². The maximum absolute atomic E-state index is 13.3. The molecule has 0 radical (unpaired) electrons. The van der Waals surface area contributed by atoms with Gasteiger partial charge in [-0.25, -0.2) is 0 Å². The highest BCUT2D eigenvalue weighted by Crippen LogP contribution is 2.37. The number of aromatic nitrogens is 2. The number of benzene rings is 1. The van der Waals surface area contributed by atoms with Gasteiger partial charge in [-0.15, -0.1) is 0 Å². The number of fused-ring (bicyclic) bond motifs is 4. The molecule has 5 rings (SSSR count). The molecule has 0 spiro atoms. The Hall–Kier alpha value is -3.07. The van der Waals surface area contributed by atoms with E-state index in [1.165, 1.54) is 4.68 Å². The topological polar surface area (TPSA) is 96.8 Å². The van der Waals surface area contributed by atoms with Gasteiger partial charge < -0.3 is 19.9 Å². The Bertz CT molecular complexity index is 1150. The summed E-state index contributed by atoms with van der Waals surface area (Å²) < 4.78 is 7.54. The first-order valence-corrected chi connectivity index (χ1v) is 13.1. The van der Waals surface area contributed by atoms with Crippen LogP contribution in [-0.2, 0) is 16.6 Å². The number of likely N-dealkylation sites (tertiary alicyclic amines) is 1. The zero-order chi connectivity index (χ0) is 25.2. The van der Waals surface area contributed by atoms with E-state index in [1.54, 1.807) is 18.1 Å². The molecule has 2 atom stereocenters. The van der Waals surface area contributed by atoms with Gasteiger partial charge in [-0.05, 0) is 37.0 Å². The fourth-order valence-electron chi connectivity index (χ4n) is 5.29. The predicted molar refractivity (Wildman–Crippen MR) is 134 cm³/mol. The summed E-state index contributed by atoms with van der Waals surface area (Å²) in [6, 6.07) is 7.74. The minimum Gasteiger partial charge on any atom is -0.492 e. The molecule has 1 saturated carbocycles. The van der Waals surface area contributed by atoms with Crippen molar-refractivity contribution in [3.63, 3.8) is 0 Å². The molecule has 1 N–H and O–H groups in total. The molecule has 2 bridgehead atoms. The number of nitrogens with zero attached hydrogens (tertiary/aromatic N) is 4. The number of amides is 3. The lowest BCUT2D eigenvalue weighted by molar-refractivity contribution is -0.137. The highest BCUT2D eigenvalue weighted by Gasteiger charge is 2.42. The van der Waals surface area contributed by atoms with Crippen LogP contribution in [0.4, 0.5) is 0 Å². The van der Waals surface area contributed by atoms with Crippen LogP contribution in [0.25, 0.3) is 0 Å². The zero-order valence-electron chi connectivity index (χ0n) is 20.5. The number of ether oxygens (including phenoxy) is 1. The predicted octanol–water partition coefficient (Wildman–Crippen LogP) is 2.46. The van der Waals surface area contributed by atoms with E-state index in [4.69, 9.17) is 16.3 Å². The number of carbonyl (C=O) groups is 3. The lowest BCUT2D eigenvalue weighted by Gasteiger charge is -2.29. The molecule has 3 amide bonds. The molecule has 1 aromatic carbocycles. The van der Waals surface area contributed by atoms with Crippen molar-refractivity contribution < 1.29 is 19.1 Å².